The van der Waals surface area contributed by atoms with Crippen molar-refractivity contribution in [2.24, 2.45) is 0 Å². The first kappa shape index (κ1) is 16.2. The van der Waals surface area contributed by atoms with Crippen molar-refractivity contribution < 1.29 is 14.3 Å². The van der Waals surface area contributed by atoms with E-state index in [1.54, 1.807) is 12.1 Å². The first-order valence-electron chi connectivity index (χ1n) is 8.26. The van der Waals surface area contributed by atoms with E-state index in [9.17, 15) is 9.59 Å². The van der Waals surface area contributed by atoms with Crippen LogP contribution in [-0.4, -0.2) is 18.4 Å². The maximum Gasteiger partial charge on any atom is 0.339 e. The molecule has 2 unspecified atom stereocenters. The van der Waals surface area contributed by atoms with E-state index in [2.05, 4.69) is 24.4 Å². The van der Waals surface area contributed by atoms with Crippen molar-refractivity contribution >= 4 is 11.9 Å². The molecule has 4 nitrogen and oxygen atoms in total. The van der Waals surface area contributed by atoms with Crippen LogP contribution < -0.4 is 5.32 Å². The lowest BCUT2D eigenvalue weighted by Gasteiger charge is -2.14. The van der Waals surface area contributed by atoms with Crippen LogP contribution in [0.4, 0.5) is 0 Å². The number of hydrogen-bond donors (Lipinski definition) is 1. The van der Waals surface area contributed by atoms with Gasteiger partial charge in [-0.1, -0.05) is 55.5 Å². The molecule has 1 heterocycles. The molecule has 124 valence electrons. The Balaban J connectivity index is 1.48. The van der Waals surface area contributed by atoms with E-state index in [0.717, 1.165) is 12.0 Å². The predicted octanol–water partition coefficient (Wildman–Crippen LogP) is 3.60. The van der Waals surface area contributed by atoms with Gasteiger partial charge in [-0.15, -0.1) is 0 Å². The molecule has 0 saturated carbocycles. The van der Waals surface area contributed by atoms with Crippen molar-refractivity contribution in [3.8, 4) is 0 Å². The Hall–Kier alpha value is -2.62. The van der Waals surface area contributed by atoms with Crippen molar-refractivity contribution in [1.82, 2.24) is 5.32 Å². The predicted molar refractivity (Wildman–Crippen MR) is 91.7 cm³/mol. The van der Waals surface area contributed by atoms with Crippen LogP contribution in [-0.2, 0) is 9.53 Å². The number of nitrogens with one attached hydrogen (secondary N) is 1. The Bertz CT molecular complexity index is 727. The number of hydrogen-bond acceptors (Lipinski definition) is 3. The van der Waals surface area contributed by atoms with Gasteiger partial charge >= 0.3 is 5.97 Å². The fourth-order valence-electron chi connectivity index (χ4n) is 2.99. The molecule has 0 radical (unpaired) electrons. The van der Waals surface area contributed by atoms with E-state index in [-0.39, 0.29) is 18.3 Å². The van der Waals surface area contributed by atoms with E-state index in [4.69, 9.17) is 4.74 Å². The minimum absolute atomic E-state index is 0.0928. The van der Waals surface area contributed by atoms with Gasteiger partial charge in [-0.25, -0.2) is 4.79 Å². The zero-order valence-corrected chi connectivity index (χ0v) is 13.7. The second-order valence-corrected chi connectivity index (χ2v) is 6.14. The fraction of sp³-hybridized carbons (Fsp3) is 0.300. The van der Waals surface area contributed by atoms with Gasteiger partial charge in [0, 0.05) is 12.1 Å². The molecule has 4 heteroatoms. The van der Waals surface area contributed by atoms with Gasteiger partial charge in [0.05, 0.1) is 12.0 Å². The summed E-state index contributed by atoms with van der Waals surface area (Å²) in [6, 6.07) is 17.5. The van der Waals surface area contributed by atoms with E-state index < -0.39 is 6.10 Å². The van der Waals surface area contributed by atoms with Gasteiger partial charge in [0.15, 0.2) is 0 Å². The number of ether oxygens (including phenoxy) is 1. The van der Waals surface area contributed by atoms with E-state index in [1.165, 1.54) is 5.56 Å². The van der Waals surface area contributed by atoms with Crippen molar-refractivity contribution in [3.63, 3.8) is 0 Å². The molecule has 0 fully saturated rings. The number of cyclic esters (lactones) is 1. The summed E-state index contributed by atoms with van der Waals surface area (Å²) in [6.45, 7) is 2.76. The van der Waals surface area contributed by atoms with Crippen LogP contribution in [0.5, 0.6) is 0 Å². The molecule has 2 aromatic carbocycles. The average molecular weight is 323 g/mol. The topological polar surface area (TPSA) is 55.4 Å². The molecule has 3 rings (SSSR count). The highest BCUT2D eigenvalue weighted by Gasteiger charge is 2.31. The Kier molecular flexibility index (Phi) is 4.94. The standard InChI is InChI=1S/C20H21NO3/c1-14(15-7-3-2-4-8-15)11-12-21-19(22)13-18-16-9-5-6-10-17(16)20(23)24-18/h2-10,14,18H,11-13H2,1H3,(H,21,22). The van der Waals surface area contributed by atoms with Crippen LogP contribution in [0.3, 0.4) is 0 Å². The summed E-state index contributed by atoms with van der Waals surface area (Å²) in [5, 5.41) is 2.93. The average Bonchev–Trinajstić information content (AvgIpc) is 2.92. The first-order chi connectivity index (χ1) is 11.6. The molecule has 0 bridgehead atoms. The van der Waals surface area contributed by atoms with Crippen LogP contribution in [0.15, 0.2) is 54.6 Å². The molecule has 0 aliphatic carbocycles. The lowest BCUT2D eigenvalue weighted by atomic mass is 9.98. The molecule has 1 N–H and O–H groups in total. The monoisotopic (exact) mass is 323 g/mol. The minimum Gasteiger partial charge on any atom is -0.453 e. The van der Waals surface area contributed by atoms with E-state index in [1.807, 2.05) is 30.3 Å². The zero-order chi connectivity index (χ0) is 16.9. The summed E-state index contributed by atoms with van der Waals surface area (Å²) < 4.78 is 5.30. The molecule has 1 aliphatic heterocycles. The SMILES string of the molecule is CC(CCNC(=O)CC1OC(=O)c2ccccc21)c1ccccc1. The van der Waals surface area contributed by atoms with Gasteiger partial charge in [-0.05, 0) is 24.0 Å². The number of amides is 1. The van der Waals surface area contributed by atoms with Gasteiger partial charge in [0.1, 0.15) is 6.10 Å². The number of benzene rings is 2. The van der Waals surface area contributed by atoms with Gasteiger partial charge in [-0.3, -0.25) is 4.79 Å². The Morgan fingerprint density at radius 3 is 2.62 bits per heavy atom. The van der Waals surface area contributed by atoms with Crippen molar-refractivity contribution in [1.29, 1.82) is 0 Å². The van der Waals surface area contributed by atoms with Gasteiger partial charge in [0.2, 0.25) is 5.91 Å². The maximum atomic E-state index is 12.1. The Morgan fingerprint density at radius 1 is 1.12 bits per heavy atom. The van der Waals surface area contributed by atoms with Crippen molar-refractivity contribution in [2.75, 3.05) is 6.54 Å². The molecule has 1 amide bonds. The van der Waals surface area contributed by atoms with Crippen LogP contribution in [0.1, 0.15) is 53.3 Å². The summed E-state index contributed by atoms with van der Waals surface area (Å²) >= 11 is 0. The molecule has 2 aromatic rings. The third kappa shape index (κ3) is 3.65. The number of esters is 1. The normalized spacial score (nSPS) is 17.0. The number of fused-ring (bicyclic) bond motifs is 1. The molecular weight excluding hydrogens is 302 g/mol. The Labute approximate surface area is 141 Å². The molecule has 1 aliphatic rings. The Morgan fingerprint density at radius 2 is 1.83 bits per heavy atom. The highest BCUT2D eigenvalue weighted by Crippen LogP contribution is 2.32. The van der Waals surface area contributed by atoms with Crippen LogP contribution in [0.2, 0.25) is 0 Å². The summed E-state index contributed by atoms with van der Waals surface area (Å²) in [5.74, 6) is -0.0533. The highest BCUT2D eigenvalue weighted by atomic mass is 16.5. The number of rotatable bonds is 6. The molecule has 0 aromatic heterocycles. The van der Waals surface area contributed by atoms with Crippen LogP contribution >= 0.6 is 0 Å². The van der Waals surface area contributed by atoms with Gasteiger partial charge in [0.25, 0.3) is 0 Å². The number of carbonyl (C=O) groups excluding carboxylic acids is 2. The quantitative estimate of drug-likeness (QED) is 0.826. The highest BCUT2D eigenvalue weighted by molar-refractivity contribution is 5.94. The summed E-state index contributed by atoms with van der Waals surface area (Å²) in [4.78, 5) is 23.9. The zero-order valence-electron chi connectivity index (χ0n) is 13.7. The first-order valence-corrected chi connectivity index (χ1v) is 8.26. The van der Waals surface area contributed by atoms with Crippen LogP contribution in [0.25, 0.3) is 0 Å². The third-order valence-electron chi connectivity index (χ3n) is 4.42. The molecule has 0 saturated heterocycles. The van der Waals surface area contributed by atoms with Crippen molar-refractivity contribution in [3.05, 3.63) is 71.3 Å². The largest absolute Gasteiger partial charge is 0.453 e. The van der Waals surface area contributed by atoms with Crippen LogP contribution in [0, 0.1) is 0 Å². The summed E-state index contributed by atoms with van der Waals surface area (Å²) in [6.07, 6.45) is 0.569. The molecule has 24 heavy (non-hydrogen) atoms. The van der Waals surface area contributed by atoms with Gasteiger partial charge in [-0.2, -0.15) is 0 Å². The second-order valence-electron chi connectivity index (χ2n) is 6.14. The summed E-state index contributed by atoms with van der Waals surface area (Å²) in [7, 11) is 0. The number of carbonyl (C=O) groups is 2. The maximum absolute atomic E-state index is 12.1. The fourth-order valence-corrected chi connectivity index (χ4v) is 2.99. The van der Waals surface area contributed by atoms with E-state index >= 15 is 0 Å². The second kappa shape index (κ2) is 7.30. The smallest absolute Gasteiger partial charge is 0.339 e. The van der Waals surface area contributed by atoms with Gasteiger partial charge < -0.3 is 10.1 Å². The summed E-state index contributed by atoms with van der Waals surface area (Å²) in [5.41, 5.74) is 2.63. The van der Waals surface area contributed by atoms with Crippen molar-refractivity contribution in [2.45, 2.75) is 31.8 Å². The molecule has 2 atom stereocenters. The lowest BCUT2D eigenvalue weighted by Crippen LogP contribution is -2.26. The van der Waals surface area contributed by atoms with E-state index in [0.29, 0.717) is 18.0 Å². The third-order valence-corrected chi connectivity index (χ3v) is 4.42. The lowest BCUT2D eigenvalue weighted by molar-refractivity contribution is -0.123. The molecule has 0 spiro atoms. The molecular formula is C20H21NO3. The minimum atomic E-state index is -0.472.